The normalized spacial score (nSPS) is 15.9. The Morgan fingerprint density at radius 3 is 0.545 bits per heavy atom. The summed E-state index contributed by atoms with van der Waals surface area (Å²) in [5, 5.41) is 0. The number of alkyl halides is 28. The molecule has 0 atom stereocenters. The maximum atomic E-state index is 12.9. The first-order chi connectivity index (χ1) is 18.3. The molecule has 0 radical (unpaired) electrons. The van der Waals surface area contributed by atoms with Gasteiger partial charge in [-0.3, -0.25) is 9.59 Å². The first kappa shape index (κ1) is 43.5. The molecule has 0 aliphatic carbocycles. The van der Waals surface area contributed by atoms with E-state index >= 15 is 0 Å². The maximum Gasteiger partial charge on any atom is 0.460 e. The predicted molar refractivity (Wildman–Crippen MR) is 73.8 cm³/mol. The molecule has 44 heavy (non-hydrogen) atoms. The summed E-state index contributed by atoms with van der Waals surface area (Å²) >= 11 is 0. The molecule has 0 aliphatic heterocycles. The number of hydrogen-bond acceptors (Lipinski definition) is 2. The van der Waals surface area contributed by atoms with Crippen LogP contribution in [0.4, 0.5) is 123 Å². The molecule has 0 aromatic carbocycles. The second-order valence-electron chi connectivity index (χ2n) is 7.27. The minimum atomic E-state index is -7.72. The molecule has 0 spiro atoms. The third-order valence-electron chi connectivity index (χ3n) is 4.32. The molecule has 0 N–H and O–H groups in total. The minimum absolute atomic E-state index is 5.33. The smallest absolute Gasteiger partial charge is 0.291 e. The van der Waals surface area contributed by atoms with Gasteiger partial charge in [0.1, 0.15) is 0 Å². The third kappa shape index (κ3) is 6.65. The molecular weight excluding hydrogens is 732 g/mol. The molecule has 0 aromatic rings. The van der Waals surface area contributed by atoms with Crippen molar-refractivity contribution in [2.75, 3.05) is 0 Å². The van der Waals surface area contributed by atoms with Crippen LogP contribution in [-0.4, -0.2) is 83.7 Å². The van der Waals surface area contributed by atoms with Gasteiger partial charge in [-0.25, -0.2) is 13.2 Å². The summed E-state index contributed by atoms with van der Waals surface area (Å²) in [6.45, 7) is 0. The highest BCUT2D eigenvalue weighted by molar-refractivity contribution is 5.98. The van der Waals surface area contributed by atoms with Gasteiger partial charge in [-0.05, 0) is 0 Å². The van der Waals surface area contributed by atoms with Gasteiger partial charge in [0.15, 0.2) is 0 Å². The van der Waals surface area contributed by atoms with Crippen molar-refractivity contribution in [3.8, 4) is 0 Å². The Bertz CT molecular complexity index is 954. The van der Waals surface area contributed by atoms with E-state index in [2.05, 4.69) is 0 Å². The van der Waals surface area contributed by atoms with Crippen LogP contribution in [-0.2, 0) is 9.59 Å². The Morgan fingerprint density at radius 2 is 0.409 bits per heavy atom. The van der Waals surface area contributed by atoms with Crippen LogP contribution in [0.15, 0.2) is 0 Å². The third-order valence-corrected chi connectivity index (χ3v) is 4.32. The van der Waals surface area contributed by atoms with E-state index in [9.17, 15) is 133 Å². The van der Waals surface area contributed by atoms with Crippen LogP contribution in [0.2, 0.25) is 0 Å². The van der Waals surface area contributed by atoms with Crippen molar-refractivity contribution in [2.45, 2.75) is 72.1 Å². The largest absolute Gasteiger partial charge is 0.460 e. The molecule has 0 rings (SSSR count). The molecule has 0 aromatic heterocycles. The molecule has 0 aliphatic rings. The number of Topliss-reactive ketones (excluding diaryl/α,β-unsaturated/α-hetero) is 2. The lowest BCUT2D eigenvalue weighted by Crippen LogP contribution is -2.71. The fourth-order valence-corrected chi connectivity index (χ4v) is 2.03. The van der Waals surface area contributed by atoms with Crippen LogP contribution in [0.1, 0.15) is 0 Å². The number of halogens is 28. The molecule has 0 bridgehead atoms. The molecule has 0 saturated carbocycles. The van der Waals surface area contributed by atoms with E-state index in [1.807, 2.05) is 0 Å². The van der Waals surface area contributed by atoms with E-state index < -0.39 is 83.7 Å². The van der Waals surface area contributed by atoms with Gasteiger partial charge in [-0.1, -0.05) is 0 Å². The first-order valence-electron chi connectivity index (χ1n) is 8.70. The Labute approximate surface area is 217 Å². The van der Waals surface area contributed by atoms with Gasteiger partial charge in [-0.15, -0.1) is 0 Å². The topological polar surface area (TPSA) is 34.1 Å². The van der Waals surface area contributed by atoms with Crippen LogP contribution >= 0.6 is 0 Å². The molecule has 2 nitrogen and oxygen atoms in total. The zero-order valence-electron chi connectivity index (χ0n) is 18.4. The zero-order valence-corrected chi connectivity index (χ0v) is 18.4. The highest BCUT2D eigenvalue weighted by Crippen LogP contribution is 2.57. The summed E-state index contributed by atoms with van der Waals surface area (Å²) in [5.74, 6) is -26.1. The molecule has 0 heterocycles. The quantitative estimate of drug-likeness (QED) is 0.266. The van der Waals surface area contributed by atoms with Crippen molar-refractivity contribution in [1.82, 2.24) is 0 Å². The van der Waals surface area contributed by atoms with Crippen molar-refractivity contribution >= 4 is 11.6 Å². The molecule has 0 unspecified atom stereocenters. The Hall–Kier alpha value is -2.62. The van der Waals surface area contributed by atoms with Crippen molar-refractivity contribution < 1.29 is 133 Å². The van der Waals surface area contributed by atoms with Crippen LogP contribution in [0.25, 0.3) is 0 Å². The summed E-state index contributed by atoms with van der Waals surface area (Å²) < 4.78 is 338. The number of rotatable bonds is 5. The van der Waals surface area contributed by atoms with Gasteiger partial charge in [0.2, 0.25) is 5.78 Å². The summed E-state index contributed by atoms with van der Waals surface area (Å²) in [6, 6.07) is 0. The number of hydrogen-bond donors (Lipinski definition) is 0. The zero-order chi connectivity index (χ0) is 37.2. The van der Waals surface area contributed by atoms with Crippen molar-refractivity contribution in [1.29, 1.82) is 0 Å². The van der Waals surface area contributed by atoms with E-state index in [4.69, 9.17) is 0 Å². The second-order valence-corrected chi connectivity index (χ2v) is 7.27. The molecule has 30 heteroatoms. The Kier molecular flexibility index (Phi) is 10.9. The van der Waals surface area contributed by atoms with Gasteiger partial charge in [0.25, 0.3) is 5.78 Å². The van der Waals surface area contributed by atoms with Crippen molar-refractivity contribution in [3.05, 3.63) is 0 Å². The fraction of sp³-hybridized carbons (Fsp3) is 0.857. The fourth-order valence-electron chi connectivity index (χ4n) is 2.03. The maximum absolute atomic E-state index is 12.9. The van der Waals surface area contributed by atoms with Gasteiger partial charge < -0.3 is 0 Å². The average molecular weight is 732 g/mol. The summed E-state index contributed by atoms with van der Waals surface area (Å²) in [6.07, 6.45) is -53.1. The van der Waals surface area contributed by atoms with E-state index in [0.717, 1.165) is 0 Å². The van der Waals surface area contributed by atoms with Crippen molar-refractivity contribution in [2.24, 2.45) is 0 Å². The lowest BCUT2D eigenvalue weighted by molar-refractivity contribution is -0.363. The molecule has 0 fully saturated rings. The first-order valence-corrected chi connectivity index (χ1v) is 8.70. The number of carbonyl (C=O) groups excluding carboxylic acids is 2. The van der Waals surface area contributed by atoms with Gasteiger partial charge in [0.05, 0.1) is 0 Å². The highest BCUT2D eigenvalue weighted by atomic mass is 19.5. The number of carbonyl (C=O) groups is 2. The standard InChI is InChI=1S/2C7F14O/c8-2(5(13,14)15,6(16,17)18)1(22)3(9,10)4(11,12)7(19,20)21;8-2(4(10,11)12,5(13,14)15)1(22)3(9,6(16,17)18)7(19,20)21. The van der Waals surface area contributed by atoms with Crippen LogP contribution in [0.3, 0.4) is 0 Å². The Balaban J connectivity index is 0. The van der Waals surface area contributed by atoms with E-state index in [1.54, 1.807) is 0 Å². The SMILES string of the molecule is O=C(C(F)(C(F)(F)F)C(F)(F)F)C(F)(C(F)(F)F)C(F)(F)F.O=C(C(F)(F)C(F)(F)C(F)(F)F)C(F)(C(F)(F)F)C(F)(F)F. The summed E-state index contributed by atoms with van der Waals surface area (Å²) in [5.41, 5.74) is -23.1. The molecular formula is C14F28O2. The minimum Gasteiger partial charge on any atom is -0.291 e. The van der Waals surface area contributed by atoms with Gasteiger partial charge in [0, 0.05) is 0 Å². The molecule has 0 saturated heterocycles. The predicted octanol–water partition coefficient (Wildman–Crippen LogP) is 8.44. The van der Waals surface area contributed by atoms with Gasteiger partial charge >= 0.3 is 72.1 Å². The molecule has 0 amide bonds. The summed E-state index contributed by atoms with van der Waals surface area (Å²) in [7, 11) is 0. The lowest BCUT2D eigenvalue weighted by atomic mass is 9.85. The van der Waals surface area contributed by atoms with E-state index in [-0.39, 0.29) is 0 Å². The lowest BCUT2D eigenvalue weighted by Gasteiger charge is -2.36. The monoisotopic (exact) mass is 732 g/mol. The van der Waals surface area contributed by atoms with Crippen LogP contribution in [0, 0.1) is 0 Å². The second kappa shape index (κ2) is 11.0. The van der Waals surface area contributed by atoms with E-state index in [1.165, 1.54) is 0 Å². The average Bonchev–Trinajstić information content (AvgIpc) is 2.70. The molecule has 264 valence electrons. The van der Waals surface area contributed by atoms with Crippen LogP contribution < -0.4 is 0 Å². The van der Waals surface area contributed by atoms with E-state index in [0.29, 0.717) is 0 Å². The number of ketones is 2. The van der Waals surface area contributed by atoms with Crippen molar-refractivity contribution in [3.63, 3.8) is 0 Å². The van der Waals surface area contributed by atoms with Gasteiger partial charge in [-0.2, -0.15) is 110 Å². The van der Waals surface area contributed by atoms with Crippen LogP contribution in [0.5, 0.6) is 0 Å². The summed E-state index contributed by atoms with van der Waals surface area (Å²) in [4.78, 5) is 20.8. The highest BCUT2D eigenvalue weighted by Gasteiger charge is 2.89. The Morgan fingerprint density at radius 1 is 0.250 bits per heavy atom.